The predicted octanol–water partition coefficient (Wildman–Crippen LogP) is 1.11. The Labute approximate surface area is 127 Å². The van der Waals surface area contributed by atoms with Crippen molar-refractivity contribution in [2.45, 2.75) is 0 Å². The standard InChI is InChI=1S/C11H16ClNO2.C2H2O4/c1-14-7-5-13-6-8-15-11-4-2-3-10(12)9-11;3-1(4)2(5)6/h2-4,9,13H,5-8H2,1H3;(H,3,4)(H,5,6). The smallest absolute Gasteiger partial charge is 0.414 e. The molecule has 0 aliphatic carbocycles. The van der Waals surface area contributed by atoms with Gasteiger partial charge in [0, 0.05) is 25.2 Å². The van der Waals surface area contributed by atoms with Gasteiger partial charge in [0.05, 0.1) is 6.61 Å². The van der Waals surface area contributed by atoms with Crippen molar-refractivity contribution in [3.8, 4) is 5.75 Å². The van der Waals surface area contributed by atoms with Crippen molar-refractivity contribution in [1.29, 1.82) is 0 Å². The first-order valence-electron chi connectivity index (χ1n) is 6.01. The van der Waals surface area contributed by atoms with E-state index in [0.29, 0.717) is 11.6 Å². The summed E-state index contributed by atoms with van der Waals surface area (Å²) in [4.78, 5) is 18.2. The molecule has 0 spiro atoms. The fourth-order valence-electron chi connectivity index (χ4n) is 1.10. The summed E-state index contributed by atoms with van der Waals surface area (Å²) < 4.78 is 10.4. The molecule has 1 aromatic rings. The van der Waals surface area contributed by atoms with E-state index in [-0.39, 0.29) is 0 Å². The van der Waals surface area contributed by atoms with Gasteiger partial charge >= 0.3 is 11.9 Å². The van der Waals surface area contributed by atoms with E-state index >= 15 is 0 Å². The third-order valence-corrected chi connectivity index (χ3v) is 2.24. The van der Waals surface area contributed by atoms with Crippen LogP contribution < -0.4 is 10.1 Å². The largest absolute Gasteiger partial charge is 0.492 e. The average molecular weight is 320 g/mol. The van der Waals surface area contributed by atoms with Crippen LogP contribution in [0.4, 0.5) is 0 Å². The highest BCUT2D eigenvalue weighted by Gasteiger charge is 2.04. The van der Waals surface area contributed by atoms with Crippen LogP contribution in [0.25, 0.3) is 0 Å². The average Bonchev–Trinajstić information content (AvgIpc) is 2.43. The first-order chi connectivity index (χ1) is 9.97. The quantitative estimate of drug-likeness (QED) is 0.510. The van der Waals surface area contributed by atoms with E-state index in [9.17, 15) is 0 Å². The van der Waals surface area contributed by atoms with Crippen LogP contribution in [0.5, 0.6) is 5.75 Å². The first kappa shape index (κ1) is 19.2. The number of nitrogens with one attached hydrogen (secondary N) is 1. The zero-order chi connectivity index (χ0) is 16.1. The summed E-state index contributed by atoms with van der Waals surface area (Å²) in [6.45, 7) is 2.99. The third-order valence-electron chi connectivity index (χ3n) is 2.01. The lowest BCUT2D eigenvalue weighted by molar-refractivity contribution is -0.159. The second-order valence-electron chi connectivity index (χ2n) is 3.66. The number of hydrogen-bond donors (Lipinski definition) is 3. The van der Waals surface area contributed by atoms with Gasteiger partial charge in [0.25, 0.3) is 0 Å². The molecule has 8 heteroatoms. The number of hydrogen-bond acceptors (Lipinski definition) is 5. The molecule has 0 unspecified atom stereocenters. The van der Waals surface area contributed by atoms with Crippen LogP contribution in [0.1, 0.15) is 0 Å². The van der Waals surface area contributed by atoms with Crippen LogP contribution in [0.3, 0.4) is 0 Å². The second kappa shape index (κ2) is 12.0. The number of carbonyl (C=O) groups is 2. The van der Waals surface area contributed by atoms with Gasteiger partial charge in [-0.05, 0) is 18.2 Å². The molecule has 0 fully saturated rings. The number of methoxy groups -OCH3 is 1. The summed E-state index contributed by atoms with van der Waals surface area (Å²) in [7, 11) is 1.68. The molecule has 7 nitrogen and oxygen atoms in total. The molecule has 21 heavy (non-hydrogen) atoms. The predicted molar refractivity (Wildman–Crippen MR) is 77.0 cm³/mol. The van der Waals surface area contributed by atoms with Gasteiger partial charge in [-0.15, -0.1) is 0 Å². The number of ether oxygens (including phenoxy) is 2. The van der Waals surface area contributed by atoms with Crippen molar-refractivity contribution < 1.29 is 29.3 Å². The van der Waals surface area contributed by atoms with Gasteiger partial charge in [-0.1, -0.05) is 17.7 Å². The Bertz CT molecular complexity index is 428. The van der Waals surface area contributed by atoms with Crippen LogP contribution in [-0.4, -0.2) is 55.6 Å². The molecule has 1 rings (SSSR count). The van der Waals surface area contributed by atoms with E-state index in [2.05, 4.69) is 5.32 Å². The van der Waals surface area contributed by atoms with Gasteiger partial charge < -0.3 is 25.0 Å². The highest BCUT2D eigenvalue weighted by molar-refractivity contribution is 6.30. The monoisotopic (exact) mass is 319 g/mol. The molecule has 0 amide bonds. The summed E-state index contributed by atoms with van der Waals surface area (Å²) in [5.74, 6) is -2.85. The van der Waals surface area contributed by atoms with Gasteiger partial charge in [-0.3, -0.25) is 0 Å². The molecule has 0 saturated heterocycles. The van der Waals surface area contributed by atoms with E-state index in [1.165, 1.54) is 0 Å². The Morgan fingerprint density at radius 3 is 2.33 bits per heavy atom. The fourth-order valence-corrected chi connectivity index (χ4v) is 1.28. The Kier molecular flexibility index (Phi) is 10.9. The molecule has 0 aliphatic heterocycles. The number of rotatable bonds is 7. The molecule has 0 atom stereocenters. The molecule has 0 saturated carbocycles. The highest BCUT2D eigenvalue weighted by Crippen LogP contribution is 2.16. The van der Waals surface area contributed by atoms with Crippen LogP contribution in [-0.2, 0) is 14.3 Å². The van der Waals surface area contributed by atoms with Gasteiger partial charge in [0.15, 0.2) is 0 Å². The summed E-state index contributed by atoms with van der Waals surface area (Å²) >= 11 is 5.81. The topological polar surface area (TPSA) is 105 Å². The minimum Gasteiger partial charge on any atom is -0.492 e. The Morgan fingerprint density at radius 2 is 1.81 bits per heavy atom. The van der Waals surface area contributed by atoms with E-state index in [1.54, 1.807) is 13.2 Å². The summed E-state index contributed by atoms with van der Waals surface area (Å²) in [6, 6.07) is 7.39. The van der Waals surface area contributed by atoms with Crippen LogP contribution >= 0.6 is 11.6 Å². The van der Waals surface area contributed by atoms with E-state index < -0.39 is 11.9 Å². The Balaban J connectivity index is 0.000000567. The Morgan fingerprint density at radius 1 is 1.19 bits per heavy atom. The molecule has 1 aromatic carbocycles. The number of carboxylic acids is 2. The third kappa shape index (κ3) is 11.7. The van der Waals surface area contributed by atoms with Crippen molar-refractivity contribution in [3.63, 3.8) is 0 Å². The van der Waals surface area contributed by atoms with E-state index in [0.717, 1.165) is 25.4 Å². The van der Waals surface area contributed by atoms with Gasteiger partial charge in [0.1, 0.15) is 12.4 Å². The van der Waals surface area contributed by atoms with Gasteiger partial charge in [-0.25, -0.2) is 9.59 Å². The zero-order valence-electron chi connectivity index (χ0n) is 11.5. The van der Waals surface area contributed by atoms with Crippen molar-refractivity contribution >= 4 is 23.5 Å². The lowest BCUT2D eigenvalue weighted by Gasteiger charge is -2.07. The van der Waals surface area contributed by atoms with Crippen molar-refractivity contribution in [2.24, 2.45) is 0 Å². The number of carboxylic acid groups (broad SMARTS) is 2. The summed E-state index contributed by atoms with van der Waals surface area (Å²) in [5.41, 5.74) is 0. The van der Waals surface area contributed by atoms with E-state index in [1.807, 2.05) is 18.2 Å². The van der Waals surface area contributed by atoms with Crippen molar-refractivity contribution in [2.75, 3.05) is 33.4 Å². The van der Waals surface area contributed by atoms with Gasteiger partial charge in [-0.2, -0.15) is 0 Å². The van der Waals surface area contributed by atoms with Crippen molar-refractivity contribution in [3.05, 3.63) is 29.3 Å². The summed E-state index contributed by atoms with van der Waals surface area (Å²) in [5, 5.41) is 18.7. The van der Waals surface area contributed by atoms with Crippen molar-refractivity contribution in [1.82, 2.24) is 5.32 Å². The molecule has 0 aromatic heterocycles. The van der Waals surface area contributed by atoms with Gasteiger partial charge in [0.2, 0.25) is 0 Å². The molecule has 0 radical (unpaired) electrons. The SMILES string of the molecule is COCCNCCOc1cccc(Cl)c1.O=C(O)C(=O)O. The lowest BCUT2D eigenvalue weighted by Crippen LogP contribution is -2.24. The maximum absolute atomic E-state index is 9.10. The molecule has 118 valence electrons. The van der Waals surface area contributed by atoms with Crippen LogP contribution in [0.2, 0.25) is 5.02 Å². The molecule has 0 bridgehead atoms. The second-order valence-corrected chi connectivity index (χ2v) is 4.10. The molecular formula is C13H18ClNO6. The van der Waals surface area contributed by atoms with Crippen LogP contribution in [0, 0.1) is 0 Å². The number of halogens is 1. The van der Waals surface area contributed by atoms with E-state index in [4.69, 9.17) is 40.9 Å². The Hall–Kier alpha value is -1.83. The lowest BCUT2D eigenvalue weighted by atomic mass is 10.3. The molecule has 3 N–H and O–H groups in total. The summed E-state index contributed by atoms with van der Waals surface area (Å²) in [6.07, 6.45) is 0. The van der Waals surface area contributed by atoms with Crippen LogP contribution in [0.15, 0.2) is 24.3 Å². The number of aliphatic carboxylic acids is 2. The highest BCUT2D eigenvalue weighted by atomic mass is 35.5. The number of benzene rings is 1. The zero-order valence-corrected chi connectivity index (χ0v) is 12.3. The fraction of sp³-hybridized carbons (Fsp3) is 0.385. The minimum atomic E-state index is -1.82. The molecular weight excluding hydrogens is 302 g/mol. The maximum atomic E-state index is 9.10. The normalized spacial score (nSPS) is 9.43. The molecule has 0 heterocycles. The minimum absolute atomic E-state index is 0.629. The molecule has 0 aliphatic rings. The maximum Gasteiger partial charge on any atom is 0.414 e. The first-order valence-corrected chi connectivity index (χ1v) is 6.39.